The molecule has 3 saturated heterocycles. The average Bonchev–Trinajstić information content (AvgIpc) is 3.43. The van der Waals surface area contributed by atoms with Crippen LogP contribution in [-0.2, 0) is 17.1 Å². The molecule has 5 rings (SSSR count). The second kappa shape index (κ2) is 12.5. The molecular weight excluding hydrogens is 598 g/mol. The lowest BCUT2D eigenvalue weighted by atomic mass is 9.78. The minimum atomic E-state index is -4.98. The first kappa shape index (κ1) is 33.1. The summed E-state index contributed by atoms with van der Waals surface area (Å²) >= 11 is 0. The molecular formula is C33H40F6N4O2. The molecule has 12 heteroatoms. The summed E-state index contributed by atoms with van der Waals surface area (Å²) in [5.41, 5.74) is -1.04. The number of amides is 3. The molecule has 2 aromatic carbocycles. The Morgan fingerprint density at radius 1 is 0.889 bits per heavy atom. The maximum Gasteiger partial charge on any atom is 0.416 e. The van der Waals surface area contributed by atoms with Crippen LogP contribution in [0.3, 0.4) is 0 Å². The second-order valence-corrected chi connectivity index (χ2v) is 12.8. The SMILES string of the molecule is CC(=O)N1CCC(N2C[C@H]3CCN(C(=O)N(C)[C@H](C)c4cc(C(F)(F)F)cc(C(F)(F)F)c4)[C@@H](c4ccccc4C)[C@@H]3C2)CC1. The first-order valence-corrected chi connectivity index (χ1v) is 15.4. The first-order valence-electron chi connectivity index (χ1n) is 15.4. The van der Waals surface area contributed by atoms with E-state index in [0.717, 1.165) is 43.5 Å². The zero-order chi connectivity index (χ0) is 32.8. The van der Waals surface area contributed by atoms with Crippen LogP contribution in [0.4, 0.5) is 31.1 Å². The van der Waals surface area contributed by atoms with Crippen LogP contribution in [0.2, 0.25) is 0 Å². The van der Waals surface area contributed by atoms with E-state index in [0.29, 0.717) is 43.7 Å². The fraction of sp³-hybridized carbons (Fsp3) is 0.576. The molecule has 0 aromatic heterocycles. The largest absolute Gasteiger partial charge is 0.416 e. The van der Waals surface area contributed by atoms with Gasteiger partial charge in [0.05, 0.1) is 23.2 Å². The van der Waals surface area contributed by atoms with Crippen molar-refractivity contribution < 1.29 is 35.9 Å². The molecule has 3 heterocycles. The number of hydrogen-bond donors (Lipinski definition) is 0. The second-order valence-electron chi connectivity index (χ2n) is 12.8. The Balaban J connectivity index is 1.42. The van der Waals surface area contributed by atoms with Crippen LogP contribution in [0.5, 0.6) is 0 Å². The van der Waals surface area contributed by atoms with E-state index in [1.807, 2.05) is 36.1 Å². The topological polar surface area (TPSA) is 47.1 Å². The average molecular weight is 639 g/mol. The number of hydrogen-bond acceptors (Lipinski definition) is 3. The molecule has 0 bridgehead atoms. The third-order valence-corrected chi connectivity index (χ3v) is 10.2. The number of carbonyl (C=O) groups is 2. The molecule has 6 nitrogen and oxygen atoms in total. The third kappa shape index (κ3) is 6.80. The number of benzene rings is 2. The Morgan fingerprint density at radius 2 is 1.49 bits per heavy atom. The summed E-state index contributed by atoms with van der Waals surface area (Å²) in [6.07, 6.45) is -7.45. The molecule has 0 spiro atoms. The molecule has 246 valence electrons. The van der Waals surface area contributed by atoms with E-state index in [9.17, 15) is 35.9 Å². The lowest BCUT2D eigenvalue weighted by molar-refractivity contribution is -0.143. The van der Waals surface area contributed by atoms with E-state index in [2.05, 4.69) is 4.90 Å². The maximum absolute atomic E-state index is 14.2. The molecule has 0 unspecified atom stereocenters. The standard InChI is InChI=1S/C33H40F6N4O2/c1-20-7-5-6-8-28(20)30-29-19-42(27-10-12-41(13-11-27)22(3)44)18-23(29)9-14-43(30)31(45)40(4)21(2)24-15-25(32(34,35)36)17-26(16-24)33(37,38)39/h5-8,15-17,21,23,27,29-30H,9-14,18-19H2,1-4H3/t21-,23-,29-,30+/m1/s1. The van der Waals surface area contributed by atoms with Gasteiger partial charge >= 0.3 is 18.4 Å². The van der Waals surface area contributed by atoms with Crippen molar-refractivity contribution in [2.75, 3.05) is 39.8 Å². The van der Waals surface area contributed by atoms with Gasteiger partial charge in [-0.2, -0.15) is 26.3 Å². The number of rotatable bonds is 4. The number of carbonyl (C=O) groups excluding carboxylic acids is 2. The van der Waals surface area contributed by atoms with Gasteiger partial charge in [-0.05, 0) is 73.9 Å². The highest BCUT2D eigenvalue weighted by atomic mass is 19.4. The van der Waals surface area contributed by atoms with Crippen LogP contribution >= 0.6 is 0 Å². The summed E-state index contributed by atoms with van der Waals surface area (Å²) in [4.78, 5) is 33.4. The van der Waals surface area contributed by atoms with Crippen molar-refractivity contribution in [3.63, 3.8) is 0 Å². The zero-order valence-electron chi connectivity index (χ0n) is 26.0. The van der Waals surface area contributed by atoms with Gasteiger partial charge in [-0.1, -0.05) is 24.3 Å². The monoisotopic (exact) mass is 638 g/mol. The van der Waals surface area contributed by atoms with Crippen molar-refractivity contribution in [3.05, 3.63) is 70.3 Å². The molecule has 3 aliphatic heterocycles. The quantitative estimate of drug-likeness (QED) is 0.335. The molecule has 2 aromatic rings. The van der Waals surface area contributed by atoms with Crippen LogP contribution in [0.1, 0.15) is 73.0 Å². The van der Waals surface area contributed by atoms with Crippen molar-refractivity contribution in [3.8, 4) is 0 Å². The highest BCUT2D eigenvalue weighted by molar-refractivity contribution is 5.76. The van der Waals surface area contributed by atoms with Gasteiger partial charge in [-0.25, -0.2) is 4.79 Å². The van der Waals surface area contributed by atoms with Gasteiger partial charge < -0.3 is 14.7 Å². The number of aryl methyl sites for hydroxylation is 1. The van der Waals surface area contributed by atoms with Crippen molar-refractivity contribution >= 4 is 11.9 Å². The predicted octanol–water partition coefficient (Wildman–Crippen LogP) is 7.15. The van der Waals surface area contributed by atoms with Gasteiger partial charge in [0.1, 0.15) is 0 Å². The summed E-state index contributed by atoms with van der Waals surface area (Å²) in [6.45, 7) is 8.52. The van der Waals surface area contributed by atoms with E-state index in [-0.39, 0.29) is 29.5 Å². The van der Waals surface area contributed by atoms with Crippen molar-refractivity contribution in [2.45, 2.75) is 70.5 Å². The molecule has 0 N–H and O–H groups in total. The predicted molar refractivity (Wildman–Crippen MR) is 157 cm³/mol. The van der Waals surface area contributed by atoms with E-state index in [4.69, 9.17) is 0 Å². The van der Waals surface area contributed by atoms with E-state index < -0.39 is 35.6 Å². The van der Waals surface area contributed by atoms with Crippen molar-refractivity contribution in [1.82, 2.24) is 19.6 Å². The number of fused-ring (bicyclic) bond motifs is 1. The maximum atomic E-state index is 14.2. The summed E-state index contributed by atoms with van der Waals surface area (Å²) < 4.78 is 81.6. The molecule has 0 aliphatic carbocycles. The summed E-state index contributed by atoms with van der Waals surface area (Å²) in [5, 5.41) is 0. The molecule has 4 atom stereocenters. The van der Waals surface area contributed by atoms with Gasteiger partial charge in [0.25, 0.3) is 0 Å². The van der Waals surface area contributed by atoms with E-state index in [1.165, 1.54) is 18.9 Å². The van der Waals surface area contributed by atoms with Crippen LogP contribution in [0.15, 0.2) is 42.5 Å². The van der Waals surface area contributed by atoms with Gasteiger partial charge in [0.2, 0.25) is 5.91 Å². The third-order valence-electron chi connectivity index (χ3n) is 10.2. The van der Waals surface area contributed by atoms with Crippen LogP contribution in [0.25, 0.3) is 0 Å². The Labute approximate surface area is 259 Å². The highest BCUT2D eigenvalue weighted by Crippen LogP contribution is 2.46. The summed E-state index contributed by atoms with van der Waals surface area (Å²) in [7, 11) is 1.44. The number of piperidine rings is 2. The molecule has 0 saturated carbocycles. The van der Waals surface area contributed by atoms with Gasteiger partial charge in [0, 0.05) is 58.7 Å². The number of alkyl halides is 6. The van der Waals surface area contributed by atoms with Crippen molar-refractivity contribution in [2.24, 2.45) is 11.8 Å². The van der Waals surface area contributed by atoms with Crippen LogP contribution in [-0.4, -0.2) is 77.4 Å². The molecule has 3 amide bonds. The van der Waals surface area contributed by atoms with E-state index in [1.54, 1.807) is 11.8 Å². The molecule has 0 radical (unpaired) electrons. The number of urea groups is 1. The van der Waals surface area contributed by atoms with Crippen LogP contribution in [0, 0.1) is 18.8 Å². The Hall–Kier alpha value is -3.28. The molecule has 3 aliphatic rings. The zero-order valence-corrected chi connectivity index (χ0v) is 26.0. The highest BCUT2D eigenvalue weighted by Gasteiger charge is 2.48. The molecule has 3 fully saturated rings. The minimum absolute atomic E-state index is 0.0791. The van der Waals surface area contributed by atoms with Crippen molar-refractivity contribution in [1.29, 1.82) is 0 Å². The lowest BCUT2D eigenvalue weighted by Crippen LogP contribution is -2.51. The Kier molecular flexibility index (Phi) is 9.19. The Morgan fingerprint density at radius 3 is 2.04 bits per heavy atom. The molecule has 45 heavy (non-hydrogen) atoms. The Bertz CT molecular complexity index is 1370. The van der Waals surface area contributed by atoms with Gasteiger partial charge in [-0.3, -0.25) is 9.69 Å². The number of likely N-dealkylation sites (tertiary alicyclic amines) is 3. The van der Waals surface area contributed by atoms with E-state index >= 15 is 0 Å². The summed E-state index contributed by atoms with van der Waals surface area (Å²) in [5.74, 6) is 0.504. The fourth-order valence-electron chi connectivity index (χ4n) is 7.46. The number of nitrogens with zero attached hydrogens (tertiary/aromatic N) is 4. The first-order chi connectivity index (χ1) is 21.1. The normalized spacial score (nSPS) is 24.0. The van der Waals surface area contributed by atoms with Gasteiger partial charge in [0.15, 0.2) is 0 Å². The fourth-order valence-corrected chi connectivity index (χ4v) is 7.46. The minimum Gasteiger partial charge on any atom is -0.343 e. The summed E-state index contributed by atoms with van der Waals surface area (Å²) in [6, 6.07) is 7.87. The van der Waals surface area contributed by atoms with Gasteiger partial charge in [-0.15, -0.1) is 0 Å². The smallest absolute Gasteiger partial charge is 0.343 e. The lowest BCUT2D eigenvalue weighted by Gasteiger charge is -2.45. The van der Waals surface area contributed by atoms with Crippen LogP contribution < -0.4 is 0 Å². The number of halogens is 6.